The van der Waals surface area contributed by atoms with Gasteiger partial charge in [0.1, 0.15) is 5.03 Å². The van der Waals surface area contributed by atoms with Crippen LogP contribution < -0.4 is 5.73 Å². The van der Waals surface area contributed by atoms with Gasteiger partial charge < -0.3 is 10.6 Å². The molecule has 1 aliphatic heterocycles. The molecular weight excluding hydrogens is 379 g/mol. The Balaban J connectivity index is 0.00000225. The Morgan fingerprint density at radius 2 is 1.92 bits per heavy atom. The lowest BCUT2D eigenvalue weighted by atomic mass is 9.97. The Bertz CT molecular complexity index is 706. The number of carbonyl (C=O) groups is 1. The summed E-state index contributed by atoms with van der Waals surface area (Å²) in [6.07, 6.45) is 1.91. The van der Waals surface area contributed by atoms with E-state index in [0.29, 0.717) is 28.2 Å². The number of nitrogens with two attached hydrogens (primary N) is 1. The molecule has 2 aromatic rings. The average Bonchev–Trinajstić information content (AvgIpc) is 2.64. The standard InChI is InChI=1S/C17H19ClN4OS.ClH/c18-13-3-1-2-4-15(13)24-16-6-5-14(20-21-16)17(23)22-9-7-12(11-19)8-10-22;/h1-6,12H,7-11,19H2;1H. The van der Waals surface area contributed by atoms with Gasteiger partial charge in [-0.25, -0.2) is 0 Å². The maximum Gasteiger partial charge on any atom is 0.274 e. The fraction of sp³-hybridized carbons (Fsp3) is 0.353. The summed E-state index contributed by atoms with van der Waals surface area (Å²) < 4.78 is 0. The van der Waals surface area contributed by atoms with E-state index in [1.165, 1.54) is 11.8 Å². The number of halogens is 2. The van der Waals surface area contributed by atoms with Crippen LogP contribution in [-0.2, 0) is 0 Å². The first-order valence-corrected chi connectivity index (χ1v) is 9.12. The van der Waals surface area contributed by atoms with Crippen molar-refractivity contribution >= 4 is 41.7 Å². The summed E-state index contributed by atoms with van der Waals surface area (Å²) in [5, 5.41) is 9.62. The third kappa shape index (κ3) is 5.07. The fourth-order valence-corrected chi connectivity index (χ4v) is 3.67. The van der Waals surface area contributed by atoms with Crippen LogP contribution in [0.3, 0.4) is 0 Å². The smallest absolute Gasteiger partial charge is 0.274 e. The van der Waals surface area contributed by atoms with E-state index < -0.39 is 0 Å². The van der Waals surface area contributed by atoms with Crippen LogP contribution in [-0.4, -0.2) is 40.6 Å². The van der Waals surface area contributed by atoms with Gasteiger partial charge in [0.2, 0.25) is 0 Å². The molecule has 0 spiro atoms. The quantitative estimate of drug-likeness (QED) is 0.852. The highest BCUT2D eigenvalue weighted by Gasteiger charge is 2.23. The number of benzene rings is 1. The minimum absolute atomic E-state index is 0. The first-order valence-electron chi connectivity index (χ1n) is 7.93. The molecule has 5 nitrogen and oxygen atoms in total. The highest BCUT2D eigenvalue weighted by molar-refractivity contribution is 7.99. The van der Waals surface area contributed by atoms with Crippen molar-refractivity contribution in [2.24, 2.45) is 11.7 Å². The molecule has 0 radical (unpaired) electrons. The van der Waals surface area contributed by atoms with Gasteiger partial charge in [-0.15, -0.1) is 22.6 Å². The number of rotatable bonds is 4. The Kier molecular flexibility index (Phi) is 7.50. The summed E-state index contributed by atoms with van der Waals surface area (Å²) in [5.41, 5.74) is 6.07. The Morgan fingerprint density at radius 1 is 1.20 bits per heavy atom. The number of carbonyl (C=O) groups excluding carboxylic acids is 1. The molecule has 134 valence electrons. The van der Waals surface area contributed by atoms with E-state index in [9.17, 15) is 4.79 Å². The topological polar surface area (TPSA) is 72.1 Å². The van der Waals surface area contributed by atoms with Crippen molar-refractivity contribution in [2.45, 2.75) is 22.8 Å². The zero-order chi connectivity index (χ0) is 16.9. The molecule has 2 heterocycles. The highest BCUT2D eigenvalue weighted by atomic mass is 35.5. The molecule has 0 unspecified atom stereocenters. The van der Waals surface area contributed by atoms with Gasteiger partial charge in [-0.1, -0.05) is 35.5 Å². The van der Waals surface area contributed by atoms with Crippen molar-refractivity contribution < 1.29 is 4.79 Å². The Morgan fingerprint density at radius 3 is 2.52 bits per heavy atom. The van der Waals surface area contributed by atoms with Gasteiger partial charge in [-0.05, 0) is 49.6 Å². The van der Waals surface area contributed by atoms with Crippen molar-refractivity contribution in [3.63, 3.8) is 0 Å². The summed E-state index contributed by atoms with van der Waals surface area (Å²) in [6.45, 7) is 2.16. The van der Waals surface area contributed by atoms with E-state index in [1.54, 1.807) is 12.1 Å². The summed E-state index contributed by atoms with van der Waals surface area (Å²) in [7, 11) is 0. The molecule has 0 atom stereocenters. The second kappa shape index (κ2) is 9.38. The Labute approximate surface area is 162 Å². The van der Waals surface area contributed by atoms with Crippen molar-refractivity contribution in [3.05, 3.63) is 47.1 Å². The number of likely N-dealkylation sites (tertiary alicyclic amines) is 1. The molecule has 1 saturated heterocycles. The largest absolute Gasteiger partial charge is 0.337 e. The number of aromatic nitrogens is 2. The molecule has 2 N–H and O–H groups in total. The van der Waals surface area contributed by atoms with Crippen molar-refractivity contribution in [1.29, 1.82) is 0 Å². The lowest BCUT2D eigenvalue weighted by molar-refractivity contribution is 0.0686. The molecule has 1 amide bonds. The second-order valence-electron chi connectivity index (χ2n) is 5.76. The third-order valence-corrected chi connectivity index (χ3v) is 5.59. The molecule has 8 heteroatoms. The summed E-state index contributed by atoms with van der Waals surface area (Å²) >= 11 is 7.57. The molecule has 25 heavy (non-hydrogen) atoms. The van der Waals surface area contributed by atoms with Crippen LogP contribution in [0.25, 0.3) is 0 Å². The first kappa shape index (κ1) is 20.0. The Hall–Kier alpha value is -1.34. The zero-order valence-corrected chi connectivity index (χ0v) is 16.0. The predicted molar refractivity (Wildman–Crippen MR) is 103 cm³/mol. The SMILES string of the molecule is Cl.NCC1CCN(C(=O)c2ccc(Sc3ccccc3Cl)nn2)CC1. The van der Waals surface area contributed by atoms with Crippen LogP contribution in [0.15, 0.2) is 46.3 Å². The van der Waals surface area contributed by atoms with Crippen molar-refractivity contribution in [2.75, 3.05) is 19.6 Å². The van der Waals surface area contributed by atoms with Gasteiger partial charge in [0.05, 0.1) is 5.02 Å². The predicted octanol–water partition coefficient (Wildman–Crippen LogP) is 3.51. The van der Waals surface area contributed by atoms with E-state index >= 15 is 0 Å². The third-order valence-electron chi connectivity index (χ3n) is 4.15. The maximum absolute atomic E-state index is 12.5. The van der Waals surface area contributed by atoms with Crippen LogP contribution in [0.1, 0.15) is 23.3 Å². The fourth-order valence-electron chi connectivity index (χ4n) is 2.66. The minimum Gasteiger partial charge on any atom is -0.337 e. The lowest BCUT2D eigenvalue weighted by Gasteiger charge is -2.31. The average molecular weight is 399 g/mol. The van der Waals surface area contributed by atoms with E-state index in [0.717, 1.165) is 30.8 Å². The molecule has 0 saturated carbocycles. The van der Waals surface area contributed by atoms with E-state index in [4.69, 9.17) is 17.3 Å². The van der Waals surface area contributed by atoms with Gasteiger partial charge in [0.15, 0.2) is 5.69 Å². The highest BCUT2D eigenvalue weighted by Crippen LogP contribution is 2.31. The van der Waals surface area contributed by atoms with E-state index in [1.807, 2.05) is 29.2 Å². The van der Waals surface area contributed by atoms with E-state index in [2.05, 4.69) is 10.2 Å². The number of piperidine rings is 1. The molecule has 1 aromatic heterocycles. The lowest BCUT2D eigenvalue weighted by Crippen LogP contribution is -2.40. The first-order chi connectivity index (χ1) is 11.7. The van der Waals surface area contributed by atoms with E-state index in [-0.39, 0.29) is 18.3 Å². The zero-order valence-electron chi connectivity index (χ0n) is 13.6. The molecular formula is C17H20Cl2N4OS. The summed E-state index contributed by atoms with van der Waals surface area (Å²) in [5.74, 6) is 0.460. The minimum atomic E-state index is -0.0627. The van der Waals surface area contributed by atoms with Gasteiger partial charge in [-0.3, -0.25) is 4.79 Å². The van der Waals surface area contributed by atoms with Gasteiger partial charge in [-0.2, -0.15) is 0 Å². The van der Waals surface area contributed by atoms with Crippen LogP contribution in [0, 0.1) is 5.92 Å². The normalized spacial score (nSPS) is 14.9. The van der Waals surface area contributed by atoms with Crippen LogP contribution in [0.5, 0.6) is 0 Å². The number of amides is 1. The molecule has 1 aliphatic rings. The van der Waals surface area contributed by atoms with Crippen molar-refractivity contribution in [1.82, 2.24) is 15.1 Å². The summed E-state index contributed by atoms with van der Waals surface area (Å²) in [4.78, 5) is 15.2. The maximum atomic E-state index is 12.5. The molecule has 0 bridgehead atoms. The molecule has 3 rings (SSSR count). The number of hydrogen-bond acceptors (Lipinski definition) is 5. The molecule has 1 aromatic carbocycles. The van der Waals surface area contributed by atoms with Gasteiger partial charge >= 0.3 is 0 Å². The molecule has 1 fully saturated rings. The summed E-state index contributed by atoms with van der Waals surface area (Å²) in [6, 6.07) is 11.1. The van der Waals surface area contributed by atoms with Gasteiger partial charge in [0.25, 0.3) is 5.91 Å². The number of nitrogens with zero attached hydrogens (tertiary/aromatic N) is 3. The van der Waals surface area contributed by atoms with Crippen LogP contribution in [0.4, 0.5) is 0 Å². The molecule has 0 aliphatic carbocycles. The van der Waals surface area contributed by atoms with Crippen LogP contribution >= 0.6 is 35.8 Å². The van der Waals surface area contributed by atoms with Gasteiger partial charge in [0, 0.05) is 18.0 Å². The van der Waals surface area contributed by atoms with Crippen LogP contribution in [0.2, 0.25) is 5.02 Å². The number of hydrogen-bond donors (Lipinski definition) is 1. The monoisotopic (exact) mass is 398 g/mol. The second-order valence-corrected chi connectivity index (χ2v) is 7.23. The van der Waals surface area contributed by atoms with Crippen molar-refractivity contribution in [3.8, 4) is 0 Å².